The van der Waals surface area contributed by atoms with Gasteiger partial charge in [-0.1, -0.05) is 12.1 Å². The van der Waals surface area contributed by atoms with Crippen LogP contribution in [0.2, 0.25) is 0 Å². The standard InChI is InChI=1S/C25H24FN5O2/c1-16-20(17(2)31(29-16)19-9-7-18(26)8-10-19)15-21(25(32)30-11-13-33-14-12-30)24-27-22-5-3-4-6-23(22)28-24/h3-10,15H,11-14H2,1-2H3,(H,27,28)/b21-15+. The number of nitrogens with one attached hydrogen (secondary N) is 1. The molecule has 1 saturated heterocycles. The molecule has 1 aliphatic rings. The van der Waals surface area contributed by atoms with Crippen molar-refractivity contribution >= 4 is 28.6 Å². The van der Waals surface area contributed by atoms with Crippen LogP contribution in [0.4, 0.5) is 4.39 Å². The molecule has 8 heteroatoms. The normalized spacial score (nSPS) is 14.8. The van der Waals surface area contributed by atoms with Gasteiger partial charge in [-0.2, -0.15) is 5.10 Å². The zero-order chi connectivity index (χ0) is 22.9. The zero-order valence-corrected chi connectivity index (χ0v) is 18.5. The van der Waals surface area contributed by atoms with Crippen LogP contribution in [0.5, 0.6) is 0 Å². The average molecular weight is 445 g/mol. The van der Waals surface area contributed by atoms with Gasteiger partial charge in [-0.25, -0.2) is 14.1 Å². The summed E-state index contributed by atoms with van der Waals surface area (Å²) in [7, 11) is 0. The summed E-state index contributed by atoms with van der Waals surface area (Å²) in [4.78, 5) is 23.4. The van der Waals surface area contributed by atoms with Crippen LogP contribution in [0.15, 0.2) is 48.5 Å². The average Bonchev–Trinajstić information content (AvgIpc) is 3.39. The van der Waals surface area contributed by atoms with Crippen molar-refractivity contribution in [1.29, 1.82) is 0 Å². The third kappa shape index (κ3) is 4.05. The first kappa shape index (κ1) is 21.1. The van der Waals surface area contributed by atoms with E-state index in [1.165, 1.54) is 12.1 Å². The Hall–Kier alpha value is -3.78. The number of aromatic amines is 1. The first-order chi connectivity index (χ1) is 16.0. The van der Waals surface area contributed by atoms with E-state index < -0.39 is 0 Å². The molecule has 2 aromatic carbocycles. The fourth-order valence-electron chi connectivity index (χ4n) is 4.09. The van der Waals surface area contributed by atoms with Crippen LogP contribution in [-0.2, 0) is 9.53 Å². The minimum atomic E-state index is -0.302. The smallest absolute Gasteiger partial charge is 0.257 e. The predicted molar refractivity (Wildman–Crippen MR) is 124 cm³/mol. The van der Waals surface area contributed by atoms with Gasteiger partial charge in [-0.3, -0.25) is 4.79 Å². The molecule has 0 unspecified atom stereocenters. The van der Waals surface area contributed by atoms with Gasteiger partial charge in [-0.05, 0) is 56.3 Å². The summed E-state index contributed by atoms with van der Waals surface area (Å²) in [5, 5.41) is 4.65. The highest BCUT2D eigenvalue weighted by Crippen LogP contribution is 2.26. The molecule has 1 N–H and O–H groups in total. The van der Waals surface area contributed by atoms with Crippen molar-refractivity contribution in [3.63, 3.8) is 0 Å². The number of hydrogen-bond donors (Lipinski definition) is 1. The number of nitrogens with zero attached hydrogens (tertiary/aromatic N) is 4. The zero-order valence-electron chi connectivity index (χ0n) is 18.5. The highest BCUT2D eigenvalue weighted by atomic mass is 19.1. The van der Waals surface area contributed by atoms with E-state index in [0.717, 1.165) is 33.7 Å². The summed E-state index contributed by atoms with van der Waals surface area (Å²) < 4.78 is 20.6. The van der Waals surface area contributed by atoms with Crippen LogP contribution >= 0.6 is 0 Å². The number of hydrogen-bond acceptors (Lipinski definition) is 4. The Labute approximate surface area is 190 Å². The number of imidazole rings is 1. The van der Waals surface area contributed by atoms with Gasteiger partial charge in [0.15, 0.2) is 0 Å². The Morgan fingerprint density at radius 2 is 1.82 bits per heavy atom. The lowest BCUT2D eigenvalue weighted by atomic mass is 10.1. The number of amides is 1. The van der Waals surface area contributed by atoms with E-state index >= 15 is 0 Å². The highest BCUT2D eigenvalue weighted by molar-refractivity contribution is 6.23. The van der Waals surface area contributed by atoms with Crippen molar-refractivity contribution in [3.05, 3.63) is 77.1 Å². The van der Waals surface area contributed by atoms with E-state index in [0.29, 0.717) is 37.7 Å². The molecule has 0 spiro atoms. The van der Waals surface area contributed by atoms with E-state index in [1.54, 1.807) is 21.7 Å². The Kier molecular flexibility index (Phi) is 5.51. The number of morpholine rings is 1. The lowest BCUT2D eigenvalue weighted by molar-refractivity contribution is -0.128. The molecule has 3 heterocycles. The number of carbonyl (C=O) groups excluding carboxylic acids is 1. The van der Waals surface area contributed by atoms with Crippen LogP contribution in [0, 0.1) is 19.7 Å². The molecule has 0 radical (unpaired) electrons. The molecule has 2 aromatic heterocycles. The van der Waals surface area contributed by atoms with Crippen LogP contribution in [0.1, 0.15) is 22.8 Å². The number of ether oxygens (including phenoxy) is 1. The van der Waals surface area contributed by atoms with E-state index in [1.807, 2.05) is 44.2 Å². The second kappa shape index (κ2) is 8.63. The van der Waals surface area contributed by atoms with Crippen molar-refractivity contribution in [2.75, 3.05) is 26.3 Å². The summed E-state index contributed by atoms with van der Waals surface area (Å²) in [5.41, 5.74) is 5.32. The van der Waals surface area contributed by atoms with Crippen molar-refractivity contribution in [1.82, 2.24) is 24.6 Å². The van der Waals surface area contributed by atoms with Gasteiger partial charge in [0.1, 0.15) is 11.6 Å². The topological polar surface area (TPSA) is 76.0 Å². The van der Waals surface area contributed by atoms with Gasteiger partial charge in [-0.15, -0.1) is 0 Å². The predicted octanol–water partition coefficient (Wildman–Crippen LogP) is 3.90. The van der Waals surface area contributed by atoms with Crippen LogP contribution in [0.25, 0.3) is 28.4 Å². The molecule has 1 aliphatic heterocycles. The number of halogens is 1. The Balaban J connectivity index is 1.62. The van der Waals surface area contributed by atoms with Gasteiger partial charge in [0, 0.05) is 24.3 Å². The SMILES string of the molecule is Cc1nn(-c2ccc(F)cc2)c(C)c1/C=C(/C(=O)N1CCOCC1)c1nc2ccccc2[nH]1. The molecule has 1 amide bonds. The fraction of sp³-hybridized carbons (Fsp3) is 0.240. The van der Waals surface area contributed by atoms with Crippen molar-refractivity contribution in [2.24, 2.45) is 0 Å². The number of para-hydroxylation sites is 2. The Bertz CT molecular complexity index is 1310. The third-order valence-corrected chi connectivity index (χ3v) is 5.88. The largest absolute Gasteiger partial charge is 0.378 e. The third-order valence-electron chi connectivity index (χ3n) is 5.88. The number of aryl methyl sites for hydroxylation is 1. The molecule has 0 aliphatic carbocycles. The minimum absolute atomic E-state index is 0.106. The number of benzene rings is 2. The second-order valence-electron chi connectivity index (χ2n) is 8.04. The minimum Gasteiger partial charge on any atom is -0.378 e. The second-order valence-corrected chi connectivity index (χ2v) is 8.04. The quantitative estimate of drug-likeness (QED) is 0.484. The molecular weight excluding hydrogens is 421 g/mol. The van der Waals surface area contributed by atoms with E-state index in [4.69, 9.17) is 4.74 Å². The summed E-state index contributed by atoms with van der Waals surface area (Å²) in [5.74, 6) is 0.107. The molecule has 33 heavy (non-hydrogen) atoms. The maximum absolute atomic E-state index is 13.6. The van der Waals surface area contributed by atoms with E-state index in [-0.39, 0.29) is 11.7 Å². The summed E-state index contributed by atoms with van der Waals surface area (Å²) >= 11 is 0. The molecule has 168 valence electrons. The van der Waals surface area contributed by atoms with Crippen LogP contribution in [0.3, 0.4) is 0 Å². The summed E-state index contributed by atoms with van der Waals surface area (Å²) in [6, 6.07) is 13.9. The molecule has 0 bridgehead atoms. The van der Waals surface area contributed by atoms with E-state index in [2.05, 4.69) is 15.1 Å². The number of carbonyl (C=O) groups is 1. The van der Waals surface area contributed by atoms with Gasteiger partial charge in [0.05, 0.1) is 41.2 Å². The molecule has 0 saturated carbocycles. The van der Waals surface area contributed by atoms with Crippen molar-refractivity contribution < 1.29 is 13.9 Å². The van der Waals surface area contributed by atoms with E-state index in [9.17, 15) is 9.18 Å². The maximum Gasteiger partial charge on any atom is 0.257 e. The summed E-state index contributed by atoms with van der Waals surface area (Å²) in [6.07, 6.45) is 1.85. The monoisotopic (exact) mass is 445 g/mol. The highest BCUT2D eigenvalue weighted by Gasteiger charge is 2.25. The van der Waals surface area contributed by atoms with Crippen molar-refractivity contribution in [2.45, 2.75) is 13.8 Å². The molecule has 4 aromatic rings. The van der Waals surface area contributed by atoms with Crippen molar-refractivity contribution in [3.8, 4) is 5.69 Å². The lowest BCUT2D eigenvalue weighted by Gasteiger charge is -2.27. The first-order valence-electron chi connectivity index (χ1n) is 10.9. The van der Waals surface area contributed by atoms with Crippen LogP contribution < -0.4 is 0 Å². The molecule has 5 rings (SSSR count). The van der Waals surface area contributed by atoms with Gasteiger partial charge in [0.25, 0.3) is 5.91 Å². The number of H-pyrrole nitrogens is 1. The van der Waals surface area contributed by atoms with Crippen LogP contribution in [-0.4, -0.2) is 56.9 Å². The van der Waals surface area contributed by atoms with Gasteiger partial charge >= 0.3 is 0 Å². The maximum atomic E-state index is 13.6. The molecule has 1 fully saturated rings. The fourth-order valence-corrected chi connectivity index (χ4v) is 4.09. The number of rotatable bonds is 4. The molecule has 0 atom stereocenters. The van der Waals surface area contributed by atoms with Gasteiger partial charge < -0.3 is 14.6 Å². The number of fused-ring (bicyclic) bond motifs is 1. The van der Waals surface area contributed by atoms with Gasteiger partial charge in [0.2, 0.25) is 0 Å². The summed E-state index contributed by atoms with van der Waals surface area (Å²) in [6.45, 7) is 5.92. The first-order valence-corrected chi connectivity index (χ1v) is 10.9. The Morgan fingerprint density at radius 1 is 1.09 bits per heavy atom. The molecular formula is C25H24FN5O2. The molecule has 7 nitrogen and oxygen atoms in total. The lowest BCUT2D eigenvalue weighted by Crippen LogP contribution is -2.41. The number of aromatic nitrogens is 4. The Morgan fingerprint density at radius 3 is 2.55 bits per heavy atom.